The maximum atomic E-state index is 13.3. The number of carbonyl (C=O) groups excluding carboxylic acids is 2. The first-order valence-corrected chi connectivity index (χ1v) is 5.00. The number of carbonyl (C=O) groups is 2. The first-order valence-electron chi connectivity index (χ1n) is 4.21. The van der Waals surface area contributed by atoms with Gasteiger partial charge in [-0.25, -0.2) is 9.18 Å². The van der Waals surface area contributed by atoms with Crippen molar-refractivity contribution in [3.8, 4) is 0 Å². The Morgan fingerprint density at radius 2 is 2.27 bits per heavy atom. The zero-order chi connectivity index (χ0) is 11.4. The van der Waals surface area contributed by atoms with Crippen molar-refractivity contribution in [1.82, 2.24) is 0 Å². The number of hydrogen-bond donors (Lipinski definition) is 0. The third kappa shape index (κ3) is 2.62. The highest BCUT2D eigenvalue weighted by atomic mass is 79.9. The molecular weight excluding hydrogens is 267 g/mol. The monoisotopic (exact) mass is 274 g/mol. The minimum Gasteiger partial charge on any atom is -0.462 e. The average molecular weight is 275 g/mol. The molecule has 1 rings (SSSR count). The smallest absolute Gasteiger partial charge is 0.341 e. The Hall–Kier alpha value is -1.23. The van der Waals surface area contributed by atoms with Crippen LogP contribution < -0.4 is 0 Å². The normalized spacial score (nSPS) is 9.80. The third-order valence-electron chi connectivity index (χ3n) is 1.71. The lowest BCUT2D eigenvalue weighted by atomic mass is 10.1. The van der Waals surface area contributed by atoms with Gasteiger partial charge in [-0.15, -0.1) is 0 Å². The van der Waals surface area contributed by atoms with Crippen molar-refractivity contribution in [2.45, 2.75) is 6.92 Å². The Morgan fingerprint density at radius 1 is 1.60 bits per heavy atom. The molecule has 15 heavy (non-hydrogen) atoms. The number of aldehydes is 1. The fourth-order valence-electron chi connectivity index (χ4n) is 1.02. The van der Waals surface area contributed by atoms with E-state index in [1.807, 2.05) is 0 Å². The number of hydrogen-bond acceptors (Lipinski definition) is 3. The van der Waals surface area contributed by atoms with Crippen molar-refractivity contribution in [1.29, 1.82) is 0 Å². The van der Waals surface area contributed by atoms with Crippen LogP contribution in [0.1, 0.15) is 27.6 Å². The van der Waals surface area contributed by atoms with E-state index in [9.17, 15) is 14.0 Å². The predicted molar refractivity (Wildman–Crippen MR) is 55.4 cm³/mol. The molecule has 0 aromatic heterocycles. The molecule has 1 aromatic carbocycles. The number of esters is 1. The van der Waals surface area contributed by atoms with Crippen LogP contribution in [0.5, 0.6) is 0 Å². The van der Waals surface area contributed by atoms with Crippen LogP contribution in [-0.2, 0) is 4.74 Å². The van der Waals surface area contributed by atoms with Crippen LogP contribution in [0.2, 0.25) is 0 Å². The molecule has 0 unspecified atom stereocenters. The Balaban J connectivity index is 3.15. The second-order valence-corrected chi connectivity index (χ2v) is 3.55. The van der Waals surface area contributed by atoms with Crippen LogP contribution in [0, 0.1) is 5.82 Å². The summed E-state index contributed by atoms with van der Waals surface area (Å²) in [5.41, 5.74) is -0.0325. The summed E-state index contributed by atoms with van der Waals surface area (Å²) in [4.78, 5) is 21.7. The van der Waals surface area contributed by atoms with Crippen molar-refractivity contribution in [2.24, 2.45) is 0 Å². The maximum Gasteiger partial charge on any atom is 0.341 e. The molecule has 0 aliphatic heterocycles. The van der Waals surface area contributed by atoms with Crippen LogP contribution in [0.15, 0.2) is 16.6 Å². The molecule has 0 aliphatic rings. The molecule has 0 amide bonds. The largest absolute Gasteiger partial charge is 0.462 e. The molecule has 0 fully saturated rings. The van der Waals surface area contributed by atoms with E-state index in [1.54, 1.807) is 6.92 Å². The van der Waals surface area contributed by atoms with E-state index >= 15 is 0 Å². The second kappa shape index (κ2) is 5.02. The molecule has 3 nitrogen and oxygen atoms in total. The van der Waals surface area contributed by atoms with Crippen LogP contribution in [0.4, 0.5) is 4.39 Å². The number of rotatable bonds is 3. The lowest BCUT2D eigenvalue weighted by Crippen LogP contribution is -2.08. The van der Waals surface area contributed by atoms with Gasteiger partial charge < -0.3 is 4.74 Å². The number of ether oxygens (including phenoxy) is 1. The summed E-state index contributed by atoms with van der Waals surface area (Å²) in [7, 11) is 0. The SMILES string of the molecule is CCOC(=O)c1cc(Br)c(C=O)cc1F. The molecule has 0 bridgehead atoms. The van der Waals surface area contributed by atoms with E-state index in [0.717, 1.165) is 6.07 Å². The van der Waals surface area contributed by atoms with E-state index in [0.29, 0.717) is 10.8 Å². The highest BCUT2D eigenvalue weighted by Gasteiger charge is 2.15. The first kappa shape index (κ1) is 11.8. The standard InChI is InChI=1S/C10H8BrFO3/c1-2-15-10(14)7-4-8(11)6(5-13)3-9(7)12/h3-5H,2H2,1H3. The van der Waals surface area contributed by atoms with Crippen LogP contribution >= 0.6 is 15.9 Å². The highest BCUT2D eigenvalue weighted by molar-refractivity contribution is 9.10. The van der Waals surface area contributed by atoms with E-state index < -0.39 is 11.8 Å². The van der Waals surface area contributed by atoms with Gasteiger partial charge >= 0.3 is 5.97 Å². The minimum atomic E-state index is -0.765. The minimum absolute atomic E-state index is 0.153. The van der Waals surface area contributed by atoms with Gasteiger partial charge in [0.2, 0.25) is 0 Å². The first-order chi connectivity index (χ1) is 7.10. The van der Waals surface area contributed by atoms with Gasteiger partial charge in [-0.2, -0.15) is 0 Å². The Kier molecular flexibility index (Phi) is 3.96. The van der Waals surface area contributed by atoms with Gasteiger partial charge in [0, 0.05) is 10.0 Å². The fourth-order valence-corrected chi connectivity index (χ4v) is 1.45. The van der Waals surface area contributed by atoms with Crippen molar-refractivity contribution in [3.05, 3.63) is 33.5 Å². The molecule has 1 aromatic rings. The number of benzene rings is 1. The Bertz CT molecular complexity index is 404. The van der Waals surface area contributed by atoms with Gasteiger partial charge in [-0.1, -0.05) is 15.9 Å². The van der Waals surface area contributed by atoms with E-state index in [-0.39, 0.29) is 17.7 Å². The molecule has 0 N–H and O–H groups in total. The van der Waals surface area contributed by atoms with Gasteiger partial charge in [0.15, 0.2) is 6.29 Å². The molecule has 0 heterocycles. The van der Waals surface area contributed by atoms with E-state index in [4.69, 9.17) is 0 Å². The fraction of sp³-hybridized carbons (Fsp3) is 0.200. The second-order valence-electron chi connectivity index (χ2n) is 2.69. The van der Waals surface area contributed by atoms with Crippen molar-refractivity contribution >= 4 is 28.2 Å². The van der Waals surface area contributed by atoms with Crippen molar-refractivity contribution in [2.75, 3.05) is 6.61 Å². The number of halogens is 2. The molecule has 80 valence electrons. The maximum absolute atomic E-state index is 13.3. The van der Waals surface area contributed by atoms with Gasteiger partial charge in [0.25, 0.3) is 0 Å². The summed E-state index contributed by atoms with van der Waals surface area (Å²) in [6.45, 7) is 1.80. The summed E-state index contributed by atoms with van der Waals surface area (Å²) >= 11 is 3.06. The molecular formula is C10H8BrFO3. The van der Waals surface area contributed by atoms with E-state index in [2.05, 4.69) is 20.7 Å². The summed E-state index contributed by atoms with van der Waals surface area (Å²) in [5, 5.41) is 0. The van der Waals surface area contributed by atoms with Gasteiger partial charge in [0.05, 0.1) is 12.2 Å². The zero-order valence-electron chi connectivity index (χ0n) is 7.92. The molecule has 0 saturated carbocycles. The topological polar surface area (TPSA) is 43.4 Å². The molecule has 0 atom stereocenters. The van der Waals surface area contributed by atoms with Gasteiger partial charge in [-0.3, -0.25) is 4.79 Å². The Morgan fingerprint density at radius 3 is 2.80 bits per heavy atom. The third-order valence-corrected chi connectivity index (χ3v) is 2.40. The molecule has 5 heteroatoms. The zero-order valence-corrected chi connectivity index (χ0v) is 9.51. The highest BCUT2D eigenvalue weighted by Crippen LogP contribution is 2.20. The predicted octanol–water partition coefficient (Wildman–Crippen LogP) is 2.58. The van der Waals surface area contributed by atoms with Crippen LogP contribution in [-0.4, -0.2) is 18.9 Å². The molecule has 0 radical (unpaired) electrons. The lowest BCUT2D eigenvalue weighted by molar-refractivity contribution is 0.0520. The lowest BCUT2D eigenvalue weighted by Gasteiger charge is -2.04. The molecule has 0 aliphatic carbocycles. The Labute approximate surface area is 94.4 Å². The van der Waals surface area contributed by atoms with Crippen molar-refractivity contribution < 1.29 is 18.7 Å². The average Bonchev–Trinajstić information content (AvgIpc) is 2.21. The summed E-state index contributed by atoms with van der Waals surface area (Å²) in [5.74, 6) is -1.51. The summed E-state index contributed by atoms with van der Waals surface area (Å²) in [6.07, 6.45) is 0.502. The summed E-state index contributed by atoms with van der Waals surface area (Å²) < 4.78 is 18.3. The molecule has 0 saturated heterocycles. The van der Waals surface area contributed by atoms with E-state index in [1.165, 1.54) is 6.07 Å². The van der Waals surface area contributed by atoms with Crippen LogP contribution in [0.25, 0.3) is 0 Å². The van der Waals surface area contributed by atoms with Gasteiger partial charge in [-0.05, 0) is 19.1 Å². The molecule has 0 spiro atoms. The van der Waals surface area contributed by atoms with Crippen LogP contribution in [0.3, 0.4) is 0 Å². The quantitative estimate of drug-likeness (QED) is 0.629. The summed E-state index contributed by atoms with van der Waals surface area (Å²) in [6, 6.07) is 2.22. The van der Waals surface area contributed by atoms with Gasteiger partial charge in [0.1, 0.15) is 5.82 Å². The van der Waals surface area contributed by atoms with Crippen molar-refractivity contribution in [3.63, 3.8) is 0 Å².